The Kier molecular flexibility index (Phi) is 11.8. The molecule has 1 aromatic carbocycles. The van der Waals surface area contributed by atoms with Gasteiger partial charge in [-0.25, -0.2) is 0 Å². The fourth-order valence-corrected chi connectivity index (χ4v) is 2.58. The smallest absolute Gasteiger partial charge is 0.123 e. The first-order chi connectivity index (χ1) is 10.9. The maximum absolute atomic E-state index is 5.92. The van der Waals surface area contributed by atoms with Gasteiger partial charge in [0, 0.05) is 12.1 Å². The highest BCUT2D eigenvalue weighted by atomic mass is 16.5. The number of rotatable bonds is 14. The van der Waals surface area contributed by atoms with Crippen molar-refractivity contribution < 1.29 is 4.74 Å². The van der Waals surface area contributed by atoms with E-state index in [1.807, 2.05) is 0 Å². The van der Waals surface area contributed by atoms with Crippen LogP contribution in [-0.4, -0.2) is 13.2 Å². The molecule has 0 aromatic heterocycles. The van der Waals surface area contributed by atoms with Crippen molar-refractivity contribution in [1.82, 2.24) is 5.32 Å². The van der Waals surface area contributed by atoms with Crippen molar-refractivity contribution in [3.63, 3.8) is 0 Å². The molecule has 0 aliphatic carbocycles. The zero-order chi connectivity index (χ0) is 15.9. The van der Waals surface area contributed by atoms with Crippen LogP contribution in [0.1, 0.15) is 77.2 Å². The fourth-order valence-electron chi connectivity index (χ4n) is 2.58. The van der Waals surface area contributed by atoms with E-state index in [1.165, 1.54) is 56.9 Å². The Morgan fingerprint density at radius 2 is 1.50 bits per heavy atom. The highest BCUT2D eigenvalue weighted by Gasteiger charge is 2.02. The van der Waals surface area contributed by atoms with E-state index >= 15 is 0 Å². The molecule has 126 valence electrons. The van der Waals surface area contributed by atoms with Crippen LogP contribution < -0.4 is 10.1 Å². The summed E-state index contributed by atoms with van der Waals surface area (Å²) < 4.78 is 5.92. The van der Waals surface area contributed by atoms with E-state index in [9.17, 15) is 0 Å². The van der Waals surface area contributed by atoms with Crippen LogP contribution in [-0.2, 0) is 6.54 Å². The molecule has 0 bridgehead atoms. The van der Waals surface area contributed by atoms with Crippen molar-refractivity contribution in [2.24, 2.45) is 0 Å². The second-order valence-electron chi connectivity index (χ2n) is 6.11. The highest BCUT2D eigenvalue weighted by Crippen LogP contribution is 2.18. The Morgan fingerprint density at radius 1 is 0.818 bits per heavy atom. The van der Waals surface area contributed by atoms with E-state index in [0.29, 0.717) is 0 Å². The summed E-state index contributed by atoms with van der Waals surface area (Å²) in [6.07, 6.45) is 11.8. The molecule has 0 aliphatic rings. The van der Waals surface area contributed by atoms with Crippen LogP contribution in [0.25, 0.3) is 0 Å². The molecule has 0 spiro atoms. The van der Waals surface area contributed by atoms with E-state index in [2.05, 4.69) is 43.4 Å². The van der Waals surface area contributed by atoms with Crippen LogP contribution in [0.4, 0.5) is 0 Å². The van der Waals surface area contributed by atoms with Gasteiger partial charge in [-0.3, -0.25) is 0 Å². The van der Waals surface area contributed by atoms with Gasteiger partial charge in [-0.15, -0.1) is 0 Å². The maximum atomic E-state index is 5.92. The standard InChI is InChI=1S/C20H35NO/c1-3-5-7-8-9-12-16-21-18-19-14-10-11-15-20(19)22-17-13-6-4-2/h10-11,14-15,21H,3-9,12-13,16-18H2,1-2H3. The van der Waals surface area contributed by atoms with Crippen molar-refractivity contribution in [2.75, 3.05) is 13.2 Å². The zero-order valence-electron chi connectivity index (χ0n) is 14.7. The molecule has 0 saturated heterocycles. The van der Waals surface area contributed by atoms with Crippen molar-refractivity contribution in [3.8, 4) is 5.75 Å². The second kappa shape index (κ2) is 13.6. The Morgan fingerprint density at radius 3 is 2.32 bits per heavy atom. The predicted molar refractivity (Wildman–Crippen MR) is 96.5 cm³/mol. The summed E-state index contributed by atoms with van der Waals surface area (Å²) in [5.74, 6) is 1.05. The molecule has 2 heteroatoms. The molecule has 22 heavy (non-hydrogen) atoms. The van der Waals surface area contributed by atoms with Crippen LogP contribution in [0, 0.1) is 0 Å². The van der Waals surface area contributed by atoms with Crippen molar-refractivity contribution in [3.05, 3.63) is 29.8 Å². The highest BCUT2D eigenvalue weighted by molar-refractivity contribution is 5.33. The minimum Gasteiger partial charge on any atom is -0.493 e. The molecule has 0 radical (unpaired) electrons. The lowest BCUT2D eigenvalue weighted by atomic mass is 10.1. The Hall–Kier alpha value is -1.02. The first kappa shape index (κ1) is 19.0. The maximum Gasteiger partial charge on any atom is 0.123 e. The van der Waals surface area contributed by atoms with Gasteiger partial charge < -0.3 is 10.1 Å². The molecule has 2 nitrogen and oxygen atoms in total. The van der Waals surface area contributed by atoms with Crippen molar-refractivity contribution in [2.45, 2.75) is 78.2 Å². The minimum atomic E-state index is 0.836. The van der Waals surface area contributed by atoms with Gasteiger partial charge in [-0.2, -0.15) is 0 Å². The minimum absolute atomic E-state index is 0.836. The predicted octanol–water partition coefficient (Wildman–Crippen LogP) is 5.71. The van der Waals surface area contributed by atoms with E-state index in [1.54, 1.807) is 0 Å². The second-order valence-corrected chi connectivity index (χ2v) is 6.11. The summed E-state index contributed by atoms with van der Waals surface area (Å²) in [7, 11) is 0. The van der Waals surface area contributed by atoms with Gasteiger partial charge in [0.05, 0.1) is 6.61 Å². The van der Waals surface area contributed by atoms with E-state index in [4.69, 9.17) is 4.74 Å². The van der Waals surface area contributed by atoms with Gasteiger partial charge in [0.2, 0.25) is 0 Å². The number of ether oxygens (including phenoxy) is 1. The van der Waals surface area contributed by atoms with E-state index in [0.717, 1.165) is 31.9 Å². The first-order valence-electron chi connectivity index (χ1n) is 9.30. The molecule has 0 unspecified atom stereocenters. The van der Waals surface area contributed by atoms with Gasteiger partial charge >= 0.3 is 0 Å². The molecule has 0 amide bonds. The van der Waals surface area contributed by atoms with Crippen LogP contribution in [0.3, 0.4) is 0 Å². The molecule has 1 N–H and O–H groups in total. The van der Waals surface area contributed by atoms with Gasteiger partial charge in [0.1, 0.15) is 5.75 Å². The lowest BCUT2D eigenvalue weighted by Crippen LogP contribution is -2.15. The van der Waals surface area contributed by atoms with Crippen molar-refractivity contribution >= 4 is 0 Å². The van der Waals surface area contributed by atoms with Gasteiger partial charge in [-0.05, 0) is 25.5 Å². The summed E-state index contributed by atoms with van der Waals surface area (Å²) in [5.41, 5.74) is 1.28. The van der Waals surface area contributed by atoms with Gasteiger partial charge in [0.15, 0.2) is 0 Å². The third-order valence-corrected chi connectivity index (χ3v) is 4.00. The Balaban J connectivity index is 2.16. The molecule has 0 heterocycles. The lowest BCUT2D eigenvalue weighted by molar-refractivity contribution is 0.302. The van der Waals surface area contributed by atoms with Gasteiger partial charge in [-0.1, -0.05) is 77.0 Å². The molecule has 1 rings (SSSR count). The third-order valence-electron chi connectivity index (χ3n) is 4.00. The Bertz CT molecular complexity index is 364. The van der Waals surface area contributed by atoms with Crippen LogP contribution in [0.15, 0.2) is 24.3 Å². The number of benzene rings is 1. The van der Waals surface area contributed by atoms with E-state index in [-0.39, 0.29) is 0 Å². The summed E-state index contributed by atoms with van der Waals surface area (Å²) in [6.45, 7) is 7.35. The number of nitrogens with one attached hydrogen (secondary N) is 1. The normalized spacial score (nSPS) is 10.8. The molecule has 0 atom stereocenters. The SMILES string of the molecule is CCCCCCCCNCc1ccccc1OCCCCC. The molecular weight excluding hydrogens is 270 g/mol. The number of unbranched alkanes of at least 4 members (excludes halogenated alkanes) is 7. The quantitative estimate of drug-likeness (QED) is 0.445. The van der Waals surface area contributed by atoms with Crippen molar-refractivity contribution in [1.29, 1.82) is 0 Å². The summed E-state index contributed by atoms with van der Waals surface area (Å²) in [6, 6.07) is 8.42. The topological polar surface area (TPSA) is 21.3 Å². The average molecular weight is 306 g/mol. The molecule has 0 fully saturated rings. The number of para-hydroxylation sites is 1. The van der Waals surface area contributed by atoms with Gasteiger partial charge in [0.25, 0.3) is 0 Å². The average Bonchev–Trinajstić information content (AvgIpc) is 2.55. The lowest BCUT2D eigenvalue weighted by Gasteiger charge is -2.12. The summed E-state index contributed by atoms with van der Waals surface area (Å²) in [4.78, 5) is 0. The van der Waals surface area contributed by atoms with E-state index < -0.39 is 0 Å². The number of hydrogen-bond acceptors (Lipinski definition) is 2. The number of hydrogen-bond donors (Lipinski definition) is 1. The largest absolute Gasteiger partial charge is 0.493 e. The van der Waals surface area contributed by atoms with Crippen LogP contribution in [0.5, 0.6) is 5.75 Å². The summed E-state index contributed by atoms with van der Waals surface area (Å²) in [5, 5.41) is 3.55. The Labute approximate surface area is 137 Å². The molecule has 1 aromatic rings. The van der Waals surface area contributed by atoms with Crippen LogP contribution in [0.2, 0.25) is 0 Å². The molecular formula is C20H35NO. The summed E-state index contributed by atoms with van der Waals surface area (Å²) >= 11 is 0. The zero-order valence-corrected chi connectivity index (χ0v) is 14.7. The van der Waals surface area contributed by atoms with Crippen LogP contribution >= 0.6 is 0 Å². The first-order valence-corrected chi connectivity index (χ1v) is 9.30. The fraction of sp³-hybridized carbons (Fsp3) is 0.700. The molecule has 0 aliphatic heterocycles. The monoisotopic (exact) mass is 305 g/mol. The third kappa shape index (κ3) is 9.09. The molecule has 0 saturated carbocycles.